The average Bonchev–Trinajstić information content (AvgIpc) is 2.90. The summed E-state index contributed by atoms with van der Waals surface area (Å²) in [4.78, 5) is 24.5. The SMILES string of the molecule is CC1CC(C)C1C1OC(C2C(C)CC2C)C2C(=O)OC(=O)C12. The van der Waals surface area contributed by atoms with Gasteiger partial charge in [-0.1, -0.05) is 27.7 Å². The topological polar surface area (TPSA) is 52.6 Å². The van der Waals surface area contributed by atoms with Crippen LogP contribution in [0.5, 0.6) is 0 Å². The second-order valence-electron chi connectivity index (χ2n) is 8.39. The van der Waals surface area contributed by atoms with Gasteiger partial charge in [0, 0.05) is 0 Å². The van der Waals surface area contributed by atoms with Crippen molar-refractivity contribution in [2.24, 2.45) is 47.3 Å². The Labute approximate surface area is 131 Å². The number of fused-ring (bicyclic) bond motifs is 1. The van der Waals surface area contributed by atoms with E-state index in [2.05, 4.69) is 27.7 Å². The van der Waals surface area contributed by atoms with Crippen LogP contribution in [0.3, 0.4) is 0 Å². The molecule has 0 amide bonds. The molecular formula is C18H26O4. The van der Waals surface area contributed by atoms with Crippen molar-refractivity contribution in [2.75, 3.05) is 0 Å². The average molecular weight is 306 g/mol. The van der Waals surface area contributed by atoms with E-state index < -0.39 is 0 Å². The number of esters is 2. The number of carbonyl (C=O) groups is 2. The van der Waals surface area contributed by atoms with Crippen molar-refractivity contribution in [3.63, 3.8) is 0 Å². The lowest BCUT2D eigenvalue weighted by atomic mass is 9.60. The van der Waals surface area contributed by atoms with Crippen molar-refractivity contribution in [1.29, 1.82) is 0 Å². The van der Waals surface area contributed by atoms with Crippen LogP contribution < -0.4 is 0 Å². The third-order valence-electron chi connectivity index (χ3n) is 7.03. The molecule has 0 spiro atoms. The number of hydrogen-bond acceptors (Lipinski definition) is 4. The molecule has 4 fully saturated rings. The summed E-state index contributed by atoms with van der Waals surface area (Å²) in [5, 5.41) is 0. The molecule has 4 rings (SSSR count). The second-order valence-corrected chi connectivity index (χ2v) is 8.39. The van der Waals surface area contributed by atoms with E-state index in [0.717, 1.165) is 0 Å². The van der Waals surface area contributed by atoms with Gasteiger partial charge in [-0.15, -0.1) is 0 Å². The van der Waals surface area contributed by atoms with Crippen molar-refractivity contribution in [3.05, 3.63) is 0 Å². The van der Waals surface area contributed by atoms with E-state index in [1.807, 2.05) is 0 Å². The van der Waals surface area contributed by atoms with E-state index in [9.17, 15) is 9.59 Å². The molecule has 0 aromatic heterocycles. The highest BCUT2D eigenvalue weighted by molar-refractivity contribution is 5.97. The van der Waals surface area contributed by atoms with E-state index >= 15 is 0 Å². The molecule has 8 atom stereocenters. The highest BCUT2D eigenvalue weighted by Gasteiger charge is 2.65. The third kappa shape index (κ3) is 1.79. The molecular weight excluding hydrogens is 280 g/mol. The Morgan fingerprint density at radius 2 is 1.09 bits per heavy atom. The summed E-state index contributed by atoms with van der Waals surface area (Å²) in [7, 11) is 0. The van der Waals surface area contributed by atoms with Gasteiger partial charge in [-0.25, -0.2) is 0 Å². The van der Waals surface area contributed by atoms with Gasteiger partial charge in [0.2, 0.25) is 0 Å². The van der Waals surface area contributed by atoms with Crippen LogP contribution in [0.1, 0.15) is 40.5 Å². The summed E-state index contributed by atoms with van der Waals surface area (Å²) >= 11 is 0. The van der Waals surface area contributed by atoms with Crippen molar-refractivity contribution in [2.45, 2.75) is 52.7 Å². The largest absolute Gasteiger partial charge is 0.393 e. The Morgan fingerprint density at radius 3 is 1.41 bits per heavy atom. The van der Waals surface area contributed by atoms with Crippen LogP contribution in [-0.4, -0.2) is 24.1 Å². The van der Waals surface area contributed by atoms with E-state index in [1.165, 1.54) is 12.8 Å². The van der Waals surface area contributed by atoms with Crippen LogP contribution in [0.15, 0.2) is 0 Å². The van der Waals surface area contributed by atoms with Gasteiger partial charge in [0.1, 0.15) is 0 Å². The molecule has 2 heterocycles. The first-order valence-corrected chi connectivity index (χ1v) is 8.81. The molecule has 0 aromatic rings. The predicted octanol–water partition coefficient (Wildman–Crippen LogP) is 2.65. The molecule has 2 saturated carbocycles. The van der Waals surface area contributed by atoms with Crippen LogP contribution in [-0.2, 0) is 19.1 Å². The predicted molar refractivity (Wildman–Crippen MR) is 79.6 cm³/mol. The van der Waals surface area contributed by atoms with Gasteiger partial charge in [0.25, 0.3) is 0 Å². The van der Waals surface area contributed by atoms with Gasteiger partial charge >= 0.3 is 11.9 Å². The molecule has 22 heavy (non-hydrogen) atoms. The van der Waals surface area contributed by atoms with Gasteiger partial charge in [-0.05, 0) is 48.3 Å². The summed E-state index contributed by atoms with van der Waals surface area (Å²) in [6.07, 6.45) is 2.14. The fraction of sp³-hybridized carbons (Fsp3) is 0.889. The Kier molecular flexibility index (Phi) is 3.20. The number of cyclic esters (lactones) is 2. The lowest BCUT2D eigenvalue weighted by Gasteiger charge is -2.47. The molecule has 0 aromatic carbocycles. The Balaban J connectivity index is 1.64. The molecule has 0 bridgehead atoms. The van der Waals surface area contributed by atoms with Crippen molar-refractivity contribution in [1.82, 2.24) is 0 Å². The summed E-state index contributed by atoms with van der Waals surface area (Å²) in [6, 6.07) is 0. The first-order valence-electron chi connectivity index (χ1n) is 8.81. The summed E-state index contributed by atoms with van der Waals surface area (Å²) in [6.45, 7) is 8.92. The smallest absolute Gasteiger partial charge is 0.320 e. The molecule has 122 valence electrons. The molecule has 4 nitrogen and oxygen atoms in total. The summed E-state index contributed by atoms with van der Waals surface area (Å²) in [5.74, 6) is 1.67. The number of ether oxygens (including phenoxy) is 2. The standard InChI is InChI=1S/C18H26O4/c1-7-5-8(2)11(7)15-13-14(18(20)22-17(13)19)16(21-15)12-9(3)6-10(12)4/h7-16H,5-6H2,1-4H3. The number of rotatable bonds is 2. The maximum absolute atomic E-state index is 12.2. The molecule has 4 aliphatic rings. The lowest BCUT2D eigenvalue weighted by molar-refractivity contribution is -0.167. The zero-order valence-electron chi connectivity index (χ0n) is 13.8. The van der Waals surface area contributed by atoms with Gasteiger partial charge in [-0.2, -0.15) is 0 Å². The maximum atomic E-state index is 12.2. The van der Waals surface area contributed by atoms with Crippen LogP contribution in [0.4, 0.5) is 0 Å². The van der Waals surface area contributed by atoms with E-state index in [-0.39, 0.29) is 36.0 Å². The van der Waals surface area contributed by atoms with E-state index in [0.29, 0.717) is 35.5 Å². The van der Waals surface area contributed by atoms with Gasteiger partial charge in [0.05, 0.1) is 24.0 Å². The van der Waals surface area contributed by atoms with Crippen LogP contribution in [0, 0.1) is 47.3 Å². The van der Waals surface area contributed by atoms with Crippen LogP contribution in [0.25, 0.3) is 0 Å². The van der Waals surface area contributed by atoms with Crippen LogP contribution in [0.2, 0.25) is 0 Å². The van der Waals surface area contributed by atoms with E-state index in [1.54, 1.807) is 0 Å². The highest BCUT2D eigenvalue weighted by atomic mass is 16.6. The number of hydrogen-bond donors (Lipinski definition) is 0. The minimum absolute atomic E-state index is 0.118. The molecule has 2 saturated heterocycles. The Hall–Kier alpha value is -0.900. The summed E-state index contributed by atoms with van der Waals surface area (Å²) < 4.78 is 11.4. The fourth-order valence-electron chi connectivity index (χ4n) is 6.04. The normalized spacial score (nSPS) is 57.1. The first-order chi connectivity index (χ1) is 10.4. The fourth-order valence-corrected chi connectivity index (χ4v) is 6.04. The summed E-state index contributed by atoms with van der Waals surface area (Å²) in [5.41, 5.74) is 0. The molecule has 2 aliphatic heterocycles. The quantitative estimate of drug-likeness (QED) is 0.581. The lowest BCUT2D eigenvalue weighted by Crippen LogP contribution is -2.47. The molecule has 2 aliphatic carbocycles. The van der Waals surface area contributed by atoms with Crippen molar-refractivity contribution in [3.8, 4) is 0 Å². The zero-order chi connectivity index (χ0) is 15.8. The van der Waals surface area contributed by atoms with Crippen LogP contribution >= 0.6 is 0 Å². The number of carbonyl (C=O) groups excluding carboxylic acids is 2. The van der Waals surface area contributed by atoms with Crippen molar-refractivity contribution >= 4 is 11.9 Å². The molecule has 4 heteroatoms. The maximum Gasteiger partial charge on any atom is 0.320 e. The molecule has 0 radical (unpaired) electrons. The van der Waals surface area contributed by atoms with Crippen molar-refractivity contribution < 1.29 is 19.1 Å². The second kappa shape index (κ2) is 4.80. The Bertz CT molecular complexity index is 455. The zero-order valence-corrected chi connectivity index (χ0v) is 13.8. The minimum atomic E-state index is -0.354. The Morgan fingerprint density at radius 1 is 0.727 bits per heavy atom. The van der Waals surface area contributed by atoms with E-state index in [4.69, 9.17) is 9.47 Å². The minimum Gasteiger partial charge on any atom is -0.393 e. The third-order valence-corrected chi connectivity index (χ3v) is 7.03. The monoisotopic (exact) mass is 306 g/mol. The van der Waals surface area contributed by atoms with Gasteiger partial charge in [-0.3, -0.25) is 9.59 Å². The highest BCUT2D eigenvalue weighted by Crippen LogP contribution is 2.56. The van der Waals surface area contributed by atoms with Gasteiger partial charge in [0.15, 0.2) is 0 Å². The first kappa shape index (κ1) is 14.7. The molecule has 0 N–H and O–H groups in total. The van der Waals surface area contributed by atoms with Gasteiger partial charge < -0.3 is 9.47 Å². The molecule has 8 unspecified atom stereocenters.